The molecule has 7 rings (SSSR count). The number of carbonyl (C=O) groups excluding carboxylic acids is 3. The van der Waals surface area contributed by atoms with Gasteiger partial charge < -0.3 is 9.80 Å². The Morgan fingerprint density at radius 1 is 0.864 bits per heavy atom. The Hall–Kier alpha value is -4.91. The number of unbranched alkanes of at least 4 members (excludes halogenated alkanes) is 1. The minimum Gasteiger partial charge on any atom is -0.333 e. The normalized spacial score (nSPS) is 13.9. The average molecular weight is 892 g/mol. The second kappa shape index (κ2) is 17.4. The summed E-state index contributed by atoms with van der Waals surface area (Å²) in [4.78, 5) is 46.0. The maximum Gasteiger partial charge on any atom is 0.276 e. The summed E-state index contributed by atoms with van der Waals surface area (Å²) in [5, 5.41) is 7.15. The van der Waals surface area contributed by atoms with Crippen LogP contribution >= 0.6 is 46.4 Å². The van der Waals surface area contributed by atoms with Crippen LogP contribution in [-0.2, 0) is 29.5 Å². The van der Waals surface area contributed by atoms with Crippen LogP contribution in [0.15, 0.2) is 102 Å². The predicted octanol–water partition coefficient (Wildman–Crippen LogP) is 10.1. The van der Waals surface area contributed by atoms with Gasteiger partial charge in [-0.2, -0.15) is 5.10 Å². The average Bonchev–Trinajstić information content (AvgIpc) is 3.52. The first kappa shape index (κ1) is 42.2. The molecule has 2 heterocycles. The summed E-state index contributed by atoms with van der Waals surface area (Å²) < 4.78 is 30.7. The van der Waals surface area contributed by atoms with Crippen LogP contribution in [0.25, 0.3) is 16.5 Å². The number of sulfonamides is 1. The van der Waals surface area contributed by atoms with Gasteiger partial charge in [-0.05, 0) is 97.3 Å². The van der Waals surface area contributed by atoms with E-state index in [2.05, 4.69) is 4.72 Å². The van der Waals surface area contributed by atoms with E-state index in [1.807, 2.05) is 38.1 Å². The third-order valence-corrected chi connectivity index (χ3v) is 13.3. The van der Waals surface area contributed by atoms with Crippen molar-refractivity contribution in [1.82, 2.24) is 24.3 Å². The zero-order valence-corrected chi connectivity index (χ0v) is 36.1. The topological polar surface area (TPSA) is 122 Å². The van der Waals surface area contributed by atoms with Gasteiger partial charge in [0.15, 0.2) is 5.69 Å². The Balaban J connectivity index is 1.27. The Morgan fingerprint density at radius 3 is 2.37 bits per heavy atom. The summed E-state index contributed by atoms with van der Waals surface area (Å²) in [6.45, 7) is 6.57. The van der Waals surface area contributed by atoms with Crippen LogP contribution in [0.4, 0.5) is 0 Å². The van der Waals surface area contributed by atoms with Crippen molar-refractivity contribution in [2.24, 2.45) is 0 Å². The lowest BCUT2D eigenvalue weighted by Gasteiger charge is -2.35. The molecule has 1 aromatic heterocycles. The van der Waals surface area contributed by atoms with Crippen molar-refractivity contribution < 1.29 is 22.8 Å². The van der Waals surface area contributed by atoms with Crippen LogP contribution in [0.5, 0.6) is 0 Å². The summed E-state index contributed by atoms with van der Waals surface area (Å²) in [5.41, 5.74) is 3.43. The number of benzene rings is 5. The number of nitrogens with one attached hydrogen (secondary N) is 1. The van der Waals surface area contributed by atoms with Crippen LogP contribution in [0, 0.1) is 6.92 Å². The molecule has 1 aliphatic rings. The molecule has 0 aliphatic carbocycles. The van der Waals surface area contributed by atoms with E-state index in [0.29, 0.717) is 52.1 Å². The molecule has 0 unspecified atom stereocenters. The maximum atomic E-state index is 14.8. The molecule has 10 nitrogen and oxygen atoms in total. The summed E-state index contributed by atoms with van der Waals surface area (Å²) in [7, 11) is -4.38. The second-order valence-corrected chi connectivity index (χ2v) is 17.8. The highest BCUT2D eigenvalue weighted by atomic mass is 35.5. The monoisotopic (exact) mass is 889 g/mol. The van der Waals surface area contributed by atoms with Gasteiger partial charge in [0, 0.05) is 41.6 Å². The summed E-state index contributed by atoms with van der Waals surface area (Å²) in [6, 6.07) is 26.7. The first-order chi connectivity index (χ1) is 28.2. The van der Waals surface area contributed by atoms with Gasteiger partial charge in [-0.1, -0.05) is 108 Å². The minimum atomic E-state index is -4.38. The highest BCUT2D eigenvalue weighted by Crippen LogP contribution is 2.32. The number of halogens is 4. The molecule has 304 valence electrons. The molecular formula is C44H39Cl4N5O5S. The number of hydrogen-bond acceptors (Lipinski definition) is 6. The summed E-state index contributed by atoms with van der Waals surface area (Å²) in [6.07, 6.45) is 2.15. The number of carbonyl (C=O) groups is 3. The molecule has 0 radical (unpaired) electrons. The molecule has 59 heavy (non-hydrogen) atoms. The Morgan fingerprint density at radius 2 is 1.63 bits per heavy atom. The van der Waals surface area contributed by atoms with Crippen molar-refractivity contribution in [2.75, 3.05) is 6.54 Å². The van der Waals surface area contributed by atoms with E-state index in [1.54, 1.807) is 59.2 Å². The van der Waals surface area contributed by atoms with Crippen molar-refractivity contribution in [3.63, 3.8) is 0 Å². The number of amides is 3. The lowest BCUT2D eigenvalue weighted by molar-refractivity contribution is 0.0657. The van der Waals surface area contributed by atoms with Gasteiger partial charge in [0.2, 0.25) is 0 Å². The van der Waals surface area contributed by atoms with Gasteiger partial charge >= 0.3 is 0 Å². The molecule has 1 aliphatic heterocycles. The van der Waals surface area contributed by atoms with E-state index in [4.69, 9.17) is 51.5 Å². The van der Waals surface area contributed by atoms with Crippen LogP contribution in [0.2, 0.25) is 20.1 Å². The van der Waals surface area contributed by atoms with Crippen LogP contribution in [-0.4, -0.2) is 58.3 Å². The fourth-order valence-corrected chi connectivity index (χ4v) is 8.98. The Bertz CT molecular complexity index is 2760. The van der Waals surface area contributed by atoms with E-state index < -0.39 is 27.7 Å². The second-order valence-electron chi connectivity index (χ2n) is 14.5. The van der Waals surface area contributed by atoms with Crippen LogP contribution in [0.3, 0.4) is 0 Å². The molecule has 6 aromatic rings. The molecular weight excluding hydrogens is 852 g/mol. The molecule has 1 atom stereocenters. The van der Waals surface area contributed by atoms with Gasteiger partial charge in [0.05, 0.1) is 36.9 Å². The number of fused-ring (bicyclic) bond motifs is 2. The number of hydrogen-bond donors (Lipinski definition) is 1. The third-order valence-electron chi connectivity index (χ3n) is 10.5. The molecule has 5 aromatic carbocycles. The predicted molar refractivity (Wildman–Crippen MR) is 233 cm³/mol. The van der Waals surface area contributed by atoms with E-state index in [9.17, 15) is 22.8 Å². The molecule has 0 spiro atoms. The van der Waals surface area contributed by atoms with Gasteiger partial charge in [-0.15, -0.1) is 0 Å². The van der Waals surface area contributed by atoms with Crippen molar-refractivity contribution in [1.29, 1.82) is 0 Å². The Labute approximate surface area is 362 Å². The van der Waals surface area contributed by atoms with Gasteiger partial charge in [-0.25, -0.2) is 17.8 Å². The molecule has 0 bridgehead atoms. The standard InChI is InChI=1S/C44H39Cl4N5O5S/c1-4-5-19-51(24-28-13-17-37(46)38(47)21-28)44(56)41-40(48)27(3)53(49-41)39-18-15-31(22-35(39)43(55)52-25-32-10-7-6-9-30(32)20-26(52)2)42(54)50-59(57,58)33-16-14-29-11-8-12-36(45)34(29)23-33/h6-18,21-23,26H,4-5,19-20,24-25H2,1-3H3,(H,50,54)/t26-/m1/s1. The molecule has 0 saturated heterocycles. The fourth-order valence-electron chi connectivity index (χ4n) is 7.22. The van der Waals surface area contributed by atoms with E-state index in [-0.39, 0.29) is 45.0 Å². The summed E-state index contributed by atoms with van der Waals surface area (Å²) >= 11 is 25.7. The molecule has 3 amide bonds. The first-order valence-corrected chi connectivity index (χ1v) is 21.9. The molecule has 0 fully saturated rings. The first-order valence-electron chi connectivity index (χ1n) is 18.9. The highest BCUT2D eigenvalue weighted by molar-refractivity contribution is 7.90. The van der Waals surface area contributed by atoms with Crippen molar-refractivity contribution in [3.05, 3.63) is 156 Å². The highest BCUT2D eigenvalue weighted by Gasteiger charge is 2.32. The van der Waals surface area contributed by atoms with E-state index >= 15 is 0 Å². The maximum absolute atomic E-state index is 14.8. The largest absolute Gasteiger partial charge is 0.333 e. The summed E-state index contributed by atoms with van der Waals surface area (Å²) in [5.74, 6) is -1.81. The van der Waals surface area contributed by atoms with Gasteiger partial charge in [0.1, 0.15) is 0 Å². The van der Waals surface area contributed by atoms with Gasteiger partial charge in [0.25, 0.3) is 27.7 Å². The lowest BCUT2D eigenvalue weighted by Crippen LogP contribution is -2.43. The zero-order chi connectivity index (χ0) is 42.2. The van der Waals surface area contributed by atoms with Gasteiger partial charge in [-0.3, -0.25) is 14.4 Å². The zero-order valence-electron chi connectivity index (χ0n) is 32.3. The SMILES string of the molecule is CCCCN(Cc1ccc(Cl)c(Cl)c1)C(=O)c1nn(-c2ccc(C(=O)NS(=O)(=O)c3ccc4cccc(Cl)c4c3)cc2C(=O)N2Cc3ccccc3C[C@H]2C)c(C)c1Cl. The van der Waals surface area contributed by atoms with E-state index in [1.165, 1.54) is 35.0 Å². The lowest BCUT2D eigenvalue weighted by atomic mass is 9.94. The smallest absolute Gasteiger partial charge is 0.276 e. The van der Waals surface area contributed by atoms with Crippen LogP contribution in [0.1, 0.15) is 80.3 Å². The van der Waals surface area contributed by atoms with Crippen LogP contribution < -0.4 is 4.72 Å². The number of rotatable bonds is 11. The fraction of sp³-hybridized carbons (Fsp3) is 0.227. The molecule has 1 N–H and O–H groups in total. The molecule has 15 heteroatoms. The van der Waals surface area contributed by atoms with Crippen molar-refractivity contribution in [3.8, 4) is 5.69 Å². The van der Waals surface area contributed by atoms with Crippen molar-refractivity contribution >= 4 is 84.9 Å². The van der Waals surface area contributed by atoms with Crippen molar-refractivity contribution in [2.45, 2.75) is 64.1 Å². The number of aromatic nitrogens is 2. The minimum absolute atomic E-state index is 0.0256. The van der Waals surface area contributed by atoms with E-state index in [0.717, 1.165) is 28.5 Å². The number of nitrogens with zero attached hydrogens (tertiary/aromatic N) is 4. The Kier molecular flexibility index (Phi) is 12.4. The molecule has 0 saturated carbocycles. The quantitative estimate of drug-likeness (QED) is 0.138. The third kappa shape index (κ3) is 8.72.